The van der Waals surface area contributed by atoms with Gasteiger partial charge in [0.1, 0.15) is 0 Å². The standard InChI is InChI=1S/C14H30N2O/c1-4-11-16(5-2)12-10-15-13-6-8-14(17-3)9-7-13/h13-15H,4-12H2,1-3H3. The molecule has 0 unspecified atom stereocenters. The molecular formula is C14H30N2O. The lowest BCUT2D eigenvalue weighted by molar-refractivity contribution is 0.0623. The van der Waals surface area contributed by atoms with Crippen molar-refractivity contribution >= 4 is 0 Å². The second-order valence-corrected chi connectivity index (χ2v) is 5.10. The van der Waals surface area contributed by atoms with Crippen molar-refractivity contribution in [3.05, 3.63) is 0 Å². The number of nitrogens with one attached hydrogen (secondary N) is 1. The Bertz CT molecular complexity index is 179. The molecule has 102 valence electrons. The monoisotopic (exact) mass is 242 g/mol. The van der Waals surface area contributed by atoms with Crippen LogP contribution < -0.4 is 5.32 Å². The smallest absolute Gasteiger partial charge is 0.0572 e. The summed E-state index contributed by atoms with van der Waals surface area (Å²) in [5.74, 6) is 0. The van der Waals surface area contributed by atoms with Gasteiger partial charge in [0.25, 0.3) is 0 Å². The molecular weight excluding hydrogens is 212 g/mol. The average Bonchev–Trinajstić information content (AvgIpc) is 2.38. The molecule has 17 heavy (non-hydrogen) atoms. The van der Waals surface area contributed by atoms with Crippen LogP contribution in [0.1, 0.15) is 46.0 Å². The maximum atomic E-state index is 5.40. The maximum Gasteiger partial charge on any atom is 0.0572 e. The quantitative estimate of drug-likeness (QED) is 0.706. The topological polar surface area (TPSA) is 24.5 Å². The van der Waals surface area contributed by atoms with Crippen LogP contribution in [0.15, 0.2) is 0 Å². The Morgan fingerprint density at radius 2 is 1.82 bits per heavy atom. The first-order valence-corrected chi connectivity index (χ1v) is 7.28. The lowest BCUT2D eigenvalue weighted by Crippen LogP contribution is -2.40. The molecule has 1 rings (SSSR count). The van der Waals surface area contributed by atoms with Gasteiger partial charge in [-0.25, -0.2) is 0 Å². The normalized spacial score (nSPS) is 25.4. The molecule has 3 nitrogen and oxygen atoms in total. The van der Waals surface area contributed by atoms with E-state index in [-0.39, 0.29) is 0 Å². The third-order valence-corrected chi connectivity index (χ3v) is 3.86. The van der Waals surface area contributed by atoms with Crippen molar-refractivity contribution in [1.82, 2.24) is 10.2 Å². The van der Waals surface area contributed by atoms with E-state index in [9.17, 15) is 0 Å². The van der Waals surface area contributed by atoms with Crippen molar-refractivity contribution in [3.63, 3.8) is 0 Å². The molecule has 1 aliphatic carbocycles. The van der Waals surface area contributed by atoms with Crippen LogP contribution in [0, 0.1) is 0 Å². The molecule has 0 atom stereocenters. The van der Waals surface area contributed by atoms with Crippen LogP contribution in [0.3, 0.4) is 0 Å². The third-order valence-electron chi connectivity index (χ3n) is 3.86. The number of methoxy groups -OCH3 is 1. The summed E-state index contributed by atoms with van der Waals surface area (Å²) in [5, 5.41) is 3.69. The maximum absolute atomic E-state index is 5.40. The summed E-state index contributed by atoms with van der Waals surface area (Å²) < 4.78 is 5.40. The van der Waals surface area contributed by atoms with Gasteiger partial charge in [0, 0.05) is 26.2 Å². The second-order valence-electron chi connectivity index (χ2n) is 5.10. The number of ether oxygens (including phenoxy) is 1. The van der Waals surface area contributed by atoms with Crippen molar-refractivity contribution in [3.8, 4) is 0 Å². The van der Waals surface area contributed by atoms with E-state index in [1.165, 1.54) is 51.7 Å². The van der Waals surface area contributed by atoms with Crippen molar-refractivity contribution in [1.29, 1.82) is 0 Å². The van der Waals surface area contributed by atoms with E-state index in [4.69, 9.17) is 4.74 Å². The first-order chi connectivity index (χ1) is 8.30. The Hall–Kier alpha value is -0.120. The zero-order chi connectivity index (χ0) is 12.5. The van der Waals surface area contributed by atoms with E-state index in [0.29, 0.717) is 6.10 Å². The summed E-state index contributed by atoms with van der Waals surface area (Å²) in [6.45, 7) is 9.23. The van der Waals surface area contributed by atoms with E-state index in [1.807, 2.05) is 7.11 Å². The lowest BCUT2D eigenvalue weighted by atomic mass is 9.93. The van der Waals surface area contributed by atoms with E-state index >= 15 is 0 Å². The number of likely N-dealkylation sites (N-methyl/N-ethyl adjacent to an activating group) is 1. The lowest BCUT2D eigenvalue weighted by Gasteiger charge is -2.29. The fourth-order valence-corrected chi connectivity index (χ4v) is 2.67. The Labute approximate surface area is 107 Å². The minimum atomic E-state index is 0.514. The number of rotatable bonds is 8. The molecule has 3 heteroatoms. The fourth-order valence-electron chi connectivity index (χ4n) is 2.67. The van der Waals surface area contributed by atoms with Crippen LogP contribution in [0.4, 0.5) is 0 Å². The van der Waals surface area contributed by atoms with E-state index < -0.39 is 0 Å². The van der Waals surface area contributed by atoms with E-state index in [0.717, 1.165) is 12.6 Å². The third kappa shape index (κ3) is 5.84. The summed E-state index contributed by atoms with van der Waals surface area (Å²) in [4.78, 5) is 2.52. The Kier molecular flexibility index (Phi) is 7.82. The summed E-state index contributed by atoms with van der Waals surface area (Å²) in [5.41, 5.74) is 0. The van der Waals surface area contributed by atoms with Gasteiger partial charge in [-0.1, -0.05) is 13.8 Å². The van der Waals surface area contributed by atoms with E-state index in [2.05, 4.69) is 24.1 Å². The largest absolute Gasteiger partial charge is 0.381 e. The van der Waals surface area contributed by atoms with Crippen molar-refractivity contribution < 1.29 is 4.74 Å². The SMILES string of the molecule is CCCN(CC)CCNC1CCC(OC)CC1. The van der Waals surface area contributed by atoms with Crippen LogP contribution in [-0.2, 0) is 4.74 Å². The summed E-state index contributed by atoms with van der Waals surface area (Å²) in [6, 6.07) is 0.724. The van der Waals surface area contributed by atoms with Gasteiger partial charge in [-0.05, 0) is 45.2 Å². The van der Waals surface area contributed by atoms with Gasteiger partial charge >= 0.3 is 0 Å². The average molecular weight is 242 g/mol. The second kappa shape index (κ2) is 8.90. The van der Waals surface area contributed by atoms with Crippen LogP contribution in [-0.4, -0.2) is 50.3 Å². The Balaban J connectivity index is 2.06. The van der Waals surface area contributed by atoms with Gasteiger partial charge in [-0.3, -0.25) is 0 Å². The first-order valence-electron chi connectivity index (χ1n) is 7.28. The molecule has 0 aromatic heterocycles. The highest BCUT2D eigenvalue weighted by molar-refractivity contribution is 4.77. The molecule has 1 fully saturated rings. The molecule has 0 radical (unpaired) electrons. The zero-order valence-corrected chi connectivity index (χ0v) is 11.9. The van der Waals surface area contributed by atoms with Gasteiger partial charge < -0.3 is 15.0 Å². The number of nitrogens with zero attached hydrogens (tertiary/aromatic N) is 1. The molecule has 0 saturated heterocycles. The minimum Gasteiger partial charge on any atom is -0.381 e. The van der Waals surface area contributed by atoms with Gasteiger partial charge in [0.15, 0.2) is 0 Å². The highest BCUT2D eigenvalue weighted by Crippen LogP contribution is 2.20. The van der Waals surface area contributed by atoms with Gasteiger partial charge in [0.2, 0.25) is 0 Å². The molecule has 1 saturated carbocycles. The minimum absolute atomic E-state index is 0.514. The van der Waals surface area contributed by atoms with Crippen molar-refractivity contribution in [2.45, 2.75) is 58.1 Å². The van der Waals surface area contributed by atoms with Gasteiger partial charge in [-0.15, -0.1) is 0 Å². The summed E-state index contributed by atoms with van der Waals surface area (Å²) >= 11 is 0. The highest BCUT2D eigenvalue weighted by Gasteiger charge is 2.20. The molecule has 0 spiro atoms. The molecule has 0 aromatic carbocycles. The van der Waals surface area contributed by atoms with Crippen LogP contribution >= 0.6 is 0 Å². The molecule has 0 amide bonds. The van der Waals surface area contributed by atoms with E-state index in [1.54, 1.807) is 0 Å². The molecule has 0 aliphatic heterocycles. The van der Waals surface area contributed by atoms with Crippen molar-refractivity contribution in [2.24, 2.45) is 0 Å². The zero-order valence-electron chi connectivity index (χ0n) is 11.9. The predicted octanol–water partition coefficient (Wildman–Crippen LogP) is 2.27. The molecule has 1 N–H and O–H groups in total. The summed E-state index contributed by atoms with van der Waals surface area (Å²) in [6.07, 6.45) is 6.77. The van der Waals surface area contributed by atoms with Crippen LogP contribution in [0.5, 0.6) is 0 Å². The first kappa shape index (κ1) is 14.9. The molecule has 1 aliphatic rings. The molecule has 0 bridgehead atoms. The van der Waals surface area contributed by atoms with Crippen molar-refractivity contribution in [2.75, 3.05) is 33.3 Å². The van der Waals surface area contributed by atoms with Gasteiger partial charge in [-0.2, -0.15) is 0 Å². The number of hydrogen-bond acceptors (Lipinski definition) is 3. The number of hydrogen-bond donors (Lipinski definition) is 1. The Morgan fingerprint density at radius 1 is 1.12 bits per heavy atom. The predicted molar refractivity (Wildman–Crippen MR) is 73.5 cm³/mol. The molecule has 0 aromatic rings. The van der Waals surface area contributed by atoms with Gasteiger partial charge in [0.05, 0.1) is 6.10 Å². The molecule has 0 heterocycles. The highest BCUT2D eigenvalue weighted by atomic mass is 16.5. The van der Waals surface area contributed by atoms with Crippen LogP contribution in [0.2, 0.25) is 0 Å². The van der Waals surface area contributed by atoms with Crippen LogP contribution in [0.25, 0.3) is 0 Å². The fraction of sp³-hybridized carbons (Fsp3) is 1.00. The Morgan fingerprint density at radius 3 is 2.35 bits per heavy atom. The summed E-state index contributed by atoms with van der Waals surface area (Å²) in [7, 11) is 1.84.